The van der Waals surface area contributed by atoms with Crippen molar-refractivity contribution in [2.75, 3.05) is 44.3 Å². The topological polar surface area (TPSA) is 61.9 Å². The van der Waals surface area contributed by atoms with Crippen LogP contribution in [0.5, 0.6) is 0 Å². The van der Waals surface area contributed by atoms with Crippen LogP contribution in [0.1, 0.15) is 74.7 Å². The van der Waals surface area contributed by atoms with E-state index in [9.17, 15) is 9.59 Å². The fourth-order valence-electron chi connectivity index (χ4n) is 6.81. The molecule has 6 nitrogen and oxygen atoms in total. The minimum Gasteiger partial charge on any atom is -0.379 e. The van der Waals surface area contributed by atoms with Crippen LogP contribution in [0.3, 0.4) is 0 Å². The molecule has 5 rings (SSSR count). The zero-order valence-electron chi connectivity index (χ0n) is 23.1. The number of hydrogen-bond acceptors (Lipinski definition) is 5. The second kappa shape index (κ2) is 12.4. The maximum atomic E-state index is 13.5. The summed E-state index contributed by atoms with van der Waals surface area (Å²) in [6.07, 6.45) is 14.3. The van der Waals surface area contributed by atoms with Crippen LogP contribution in [-0.2, 0) is 16.0 Å². The second-order valence-corrected chi connectivity index (χ2v) is 11.2. The van der Waals surface area contributed by atoms with Crippen molar-refractivity contribution in [1.29, 1.82) is 0 Å². The fraction of sp³-hybridized carbons (Fsp3) is 0.562. The zero-order chi connectivity index (χ0) is 26.5. The molecule has 1 saturated heterocycles. The SMILES string of the molecule is CCN(c1cccc2c1C/C=C/CCC1=C(CNC2=O)C(=O)CC(C)=C1)C1CCC(N2CCOCC2)CC1. The Labute approximate surface area is 227 Å². The Hall–Kier alpha value is -2.70. The molecule has 2 aliphatic carbocycles. The second-order valence-electron chi connectivity index (χ2n) is 11.2. The number of fused-ring (bicyclic) bond motifs is 1. The standard InChI is InChI=1S/C32H43N3O3/c1-3-35(26-14-12-25(13-15-26)34-16-18-38-19-17-34)30-11-7-10-28-27(30)9-6-4-5-8-24-20-23(2)21-31(36)29(24)22-33-32(28)37/h4,6-7,10-11,20,25-26H,3,5,8-9,12-19,21-22H2,1-2H3,(H,33,37)/b6-4+. The molecule has 1 N–H and O–H groups in total. The lowest BCUT2D eigenvalue weighted by atomic mass is 9.87. The first-order valence-corrected chi connectivity index (χ1v) is 14.6. The number of morpholine rings is 1. The number of carbonyl (C=O) groups is 2. The summed E-state index contributed by atoms with van der Waals surface area (Å²) in [5, 5.41) is 3.10. The van der Waals surface area contributed by atoms with Gasteiger partial charge in [0.15, 0.2) is 5.78 Å². The van der Waals surface area contributed by atoms with E-state index in [4.69, 9.17) is 4.74 Å². The number of hydrogen-bond donors (Lipinski definition) is 1. The normalized spacial score (nSPS) is 26.3. The van der Waals surface area contributed by atoms with Gasteiger partial charge in [0.25, 0.3) is 5.91 Å². The highest BCUT2D eigenvalue weighted by Gasteiger charge is 2.31. The van der Waals surface area contributed by atoms with Crippen molar-refractivity contribution in [3.8, 4) is 0 Å². The molecule has 0 aromatic heterocycles. The Morgan fingerprint density at radius 1 is 1.08 bits per heavy atom. The van der Waals surface area contributed by atoms with Crippen molar-refractivity contribution < 1.29 is 14.3 Å². The highest BCUT2D eigenvalue weighted by atomic mass is 16.5. The third-order valence-corrected chi connectivity index (χ3v) is 8.79. The summed E-state index contributed by atoms with van der Waals surface area (Å²) in [4.78, 5) is 31.5. The molecule has 1 amide bonds. The summed E-state index contributed by atoms with van der Waals surface area (Å²) >= 11 is 0. The van der Waals surface area contributed by atoms with Crippen molar-refractivity contribution in [3.63, 3.8) is 0 Å². The van der Waals surface area contributed by atoms with Crippen molar-refractivity contribution in [2.24, 2.45) is 0 Å². The number of nitrogens with zero attached hydrogens (tertiary/aromatic N) is 2. The first-order chi connectivity index (χ1) is 18.5. The van der Waals surface area contributed by atoms with E-state index < -0.39 is 0 Å². The zero-order valence-corrected chi connectivity index (χ0v) is 23.1. The molecule has 38 heavy (non-hydrogen) atoms. The van der Waals surface area contributed by atoms with E-state index in [1.807, 2.05) is 19.1 Å². The Morgan fingerprint density at radius 3 is 2.63 bits per heavy atom. The highest BCUT2D eigenvalue weighted by molar-refractivity contribution is 6.02. The van der Waals surface area contributed by atoms with E-state index in [2.05, 4.69) is 46.3 Å². The summed E-state index contributed by atoms with van der Waals surface area (Å²) < 4.78 is 5.56. The minimum absolute atomic E-state index is 0.0890. The van der Waals surface area contributed by atoms with Crippen molar-refractivity contribution >= 4 is 17.4 Å². The maximum absolute atomic E-state index is 13.5. The molecule has 6 heteroatoms. The predicted molar refractivity (Wildman–Crippen MR) is 153 cm³/mol. The highest BCUT2D eigenvalue weighted by Crippen LogP contribution is 2.34. The Balaban J connectivity index is 1.37. The van der Waals surface area contributed by atoms with Gasteiger partial charge in [0, 0.05) is 61.5 Å². The molecule has 204 valence electrons. The van der Waals surface area contributed by atoms with Crippen molar-refractivity contribution in [1.82, 2.24) is 10.2 Å². The third-order valence-electron chi connectivity index (χ3n) is 8.79. The average molecular weight is 518 g/mol. The molecule has 0 atom stereocenters. The molecule has 1 aromatic rings. The van der Waals surface area contributed by atoms with Gasteiger partial charge in [-0.3, -0.25) is 14.5 Å². The summed E-state index contributed by atoms with van der Waals surface area (Å²) in [6.45, 7) is 9.29. The number of nitrogens with one attached hydrogen (secondary N) is 1. The van der Waals surface area contributed by atoms with Gasteiger partial charge in [-0.2, -0.15) is 0 Å². The van der Waals surface area contributed by atoms with Crippen LogP contribution >= 0.6 is 0 Å². The van der Waals surface area contributed by atoms with E-state index in [-0.39, 0.29) is 11.7 Å². The number of ether oxygens (including phenoxy) is 1. The molecule has 0 radical (unpaired) electrons. The van der Waals surface area contributed by atoms with Crippen LogP contribution in [0.2, 0.25) is 0 Å². The monoisotopic (exact) mass is 517 g/mol. The van der Waals surface area contributed by atoms with Gasteiger partial charge in [-0.1, -0.05) is 29.9 Å². The van der Waals surface area contributed by atoms with E-state index in [1.165, 1.54) is 31.4 Å². The molecule has 0 bridgehead atoms. The van der Waals surface area contributed by atoms with Gasteiger partial charge in [-0.25, -0.2) is 0 Å². The Kier molecular flexibility index (Phi) is 8.80. The van der Waals surface area contributed by atoms with Gasteiger partial charge < -0.3 is 15.0 Å². The Morgan fingerprint density at radius 2 is 1.87 bits per heavy atom. The van der Waals surface area contributed by atoms with Gasteiger partial charge in [0.1, 0.15) is 0 Å². The molecular weight excluding hydrogens is 474 g/mol. The molecule has 2 fully saturated rings. The first-order valence-electron chi connectivity index (χ1n) is 14.6. The number of anilines is 1. The molecule has 2 aliphatic heterocycles. The minimum atomic E-state index is -0.0890. The largest absolute Gasteiger partial charge is 0.379 e. The van der Waals surface area contributed by atoms with Gasteiger partial charge in [0.2, 0.25) is 0 Å². The number of rotatable bonds is 4. The van der Waals surface area contributed by atoms with Gasteiger partial charge >= 0.3 is 0 Å². The molecule has 4 aliphatic rings. The van der Waals surface area contributed by atoms with Crippen LogP contribution in [0.4, 0.5) is 5.69 Å². The van der Waals surface area contributed by atoms with Gasteiger partial charge in [0.05, 0.1) is 13.2 Å². The molecule has 1 saturated carbocycles. The van der Waals surface area contributed by atoms with Crippen LogP contribution in [0, 0.1) is 0 Å². The number of allylic oxidation sites excluding steroid dienone is 5. The number of amides is 1. The van der Waals surface area contributed by atoms with Crippen LogP contribution in [0.15, 0.2) is 53.1 Å². The van der Waals surface area contributed by atoms with Crippen LogP contribution < -0.4 is 10.2 Å². The summed E-state index contributed by atoms with van der Waals surface area (Å²) in [5.41, 5.74) is 5.95. The third kappa shape index (κ3) is 5.97. The molecule has 1 aromatic carbocycles. The van der Waals surface area contributed by atoms with Crippen LogP contribution in [0.25, 0.3) is 0 Å². The van der Waals surface area contributed by atoms with Crippen LogP contribution in [-0.4, -0.2) is 68.1 Å². The van der Waals surface area contributed by atoms with Gasteiger partial charge in [-0.05, 0) is 82.1 Å². The summed E-state index contributed by atoms with van der Waals surface area (Å²) in [5.74, 6) is 0.0500. The first kappa shape index (κ1) is 26.9. The number of Topliss-reactive ketones (excluding diaryl/α,β-unsaturated/α-hetero) is 1. The van der Waals surface area contributed by atoms with E-state index in [0.717, 1.165) is 80.0 Å². The van der Waals surface area contributed by atoms with Crippen molar-refractivity contribution in [2.45, 2.75) is 77.3 Å². The fourth-order valence-corrected chi connectivity index (χ4v) is 6.81. The number of benzene rings is 1. The van der Waals surface area contributed by atoms with E-state index in [0.29, 0.717) is 25.0 Å². The average Bonchev–Trinajstić information content (AvgIpc) is 2.93. The summed E-state index contributed by atoms with van der Waals surface area (Å²) in [6, 6.07) is 7.31. The lowest BCUT2D eigenvalue weighted by Gasteiger charge is -2.43. The molecule has 0 unspecified atom stereocenters. The maximum Gasteiger partial charge on any atom is 0.251 e. The molecule has 2 heterocycles. The smallest absolute Gasteiger partial charge is 0.251 e. The summed E-state index contributed by atoms with van der Waals surface area (Å²) in [7, 11) is 0. The molecular formula is C32H43N3O3. The number of carbonyl (C=O) groups excluding carboxylic acids is 2. The lowest BCUT2D eigenvalue weighted by Crippen LogP contribution is -2.48. The lowest BCUT2D eigenvalue weighted by molar-refractivity contribution is -0.115. The van der Waals surface area contributed by atoms with E-state index >= 15 is 0 Å². The predicted octanol–water partition coefficient (Wildman–Crippen LogP) is 4.99. The van der Waals surface area contributed by atoms with Gasteiger partial charge in [-0.15, -0.1) is 0 Å². The number of ketones is 1. The van der Waals surface area contributed by atoms with Crippen molar-refractivity contribution in [3.05, 3.63) is 64.3 Å². The Bertz CT molecular complexity index is 1120. The molecule has 0 spiro atoms. The quantitative estimate of drug-likeness (QED) is 0.570. The van der Waals surface area contributed by atoms with E-state index in [1.54, 1.807) is 0 Å².